The minimum absolute atomic E-state index is 0.238. The summed E-state index contributed by atoms with van der Waals surface area (Å²) in [4.78, 5) is 36.5. The summed E-state index contributed by atoms with van der Waals surface area (Å²) in [6.45, 7) is 7.57. The van der Waals surface area contributed by atoms with Crippen LogP contribution in [0.2, 0.25) is 0 Å². The number of benzene rings is 2. The van der Waals surface area contributed by atoms with Crippen molar-refractivity contribution in [3.63, 3.8) is 0 Å². The number of aromatic nitrogens is 9. The molecule has 0 bridgehead atoms. The van der Waals surface area contributed by atoms with Crippen molar-refractivity contribution < 1.29 is 0 Å². The van der Waals surface area contributed by atoms with Gasteiger partial charge in [0, 0.05) is 0 Å². The van der Waals surface area contributed by atoms with E-state index in [0.29, 0.717) is 23.5 Å². The molecule has 6 rings (SSSR count). The number of anilines is 6. The van der Waals surface area contributed by atoms with Crippen LogP contribution in [0.25, 0.3) is 34.2 Å². The third-order valence-corrected chi connectivity index (χ3v) is 5.26. The molecule has 0 atom stereocenters. The lowest BCUT2D eigenvalue weighted by Crippen LogP contribution is -2.08. The van der Waals surface area contributed by atoms with Crippen molar-refractivity contribution in [2.45, 2.75) is 0 Å². The SMILES string of the molecule is C=Cc1nc(Nc2nc(Nc3nc4ccccc4[nH]3)nc(Nc3nc4ccccc4[nH]3)n2)[nH]c1C=C. The summed E-state index contributed by atoms with van der Waals surface area (Å²) < 4.78 is 0. The van der Waals surface area contributed by atoms with Crippen LogP contribution in [0.3, 0.4) is 0 Å². The highest BCUT2D eigenvalue weighted by Gasteiger charge is 2.13. The zero-order valence-electron chi connectivity index (χ0n) is 18.9. The molecule has 0 aliphatic carbocycles. The molecule has 12 nitrogen and oxygen atoms in total. The molecule has 2 aromatic carbocycles. The second-order valence-corrected chi connectivity index (χ2v) is 7.68. The lowest BCUT2D eigenvalue weighted by atomic mass is 10.3. The van der Waals surface area contributed by atoms with Crippen LogP contribution in [0.1, 0.15) is 11.4 Å². The van der Waals surface area contributed by atoms with Crippen LogP contribution in [-0.2, 0) is 0 Å². The van der Waals surface area contributed by atoms with E-state index >= 15 is 0 Å². The van der Waals surface area contributed by atoms with Crippen molar-refractivity contribution in [1.82, 2.24) is 44.9 Å². The molecule has 0 aliphatic rings. The maximum absolute atomic E-state index is 4.53. The zero-order valence-corrected chi connectivity index (χ0v) is 18.9. The fraction of sp³-hybridized carbons (Fsp3) is 0. The highest BCUT2D eigenvalue weighted by atomic mass is 15.3. The van der Waals surface area contributed by atoms with E-state index in [2.05, 4.69) is 74.0 Å². The Morgan fingerprint density at radius 1 is 0.556 bits per heavy atom. The Hall–Kier alpha value is -5.52. The number of para-hydroxylation sites is 4. The summed E-state index contributed by atoms with van der Waals surface area (Å²) in [5.41, 5.74) is 4.79. The van der Waals surface area contributed by atoms with Crippen LogP contribution >= 0.6 is 0 Å². The summed E-state index contributed by atoms with van der Waals surface area (Å²) >= 11 is 0. The van der Waals surface area contributed by atoms with Gasteiger partial charge in [0.05, 0.1) is 33.5 Å². The molecule has 0 radical (unpaired) electrons. The number of hydrogen-bond donors (Lipinski definition) is 6. The zero-order chi connectivity index (χ0) is 24.5. The molecule has 6 N–H and O–H groups in total. The van der Waals surface area contributed by atoms with E-state index in [-0.39, 0.29) is 17.8 Å². The van der Waals surface area contributed by atoms with Crippen LogP contribution < -0.4 is 16.0 Å². The molecule has 0 spiro atoms. The third kappa shape index (κ3) is 4.09. The summed E-state index contributed by atoms with van der Waals surface area (Å²) in [5, 5.41) is 9.29. The van der Waals surface area contributed by atoms with Gasteiger partial charge in [-0.25, -0.2) is 15.0 Å². The minimum Gasteiger partial charge on any atom is -0.324 e. The second kappa shape index (κ2) is 8.68. The molecule has 12 heteroatoms. The number of rotatable bonds is 8. The first-order valence-electron chi connectivity index (χ1n) is 11.0. The molecule has 0 saturated heterocycles. The van der Waals surface area contributed by atoms with Gasteiger partial charge in [-0.05, 0) is 36.4 Å². The number of fused-ring (bicyclic) bond motifs is 2. The number of hydrogen-bond acceptors (Lipinski definition) is 9. The smallest absolute Gasteiger partial charge is 0.236 e. The van der Waals surface area contributed by atoms with E-state index in [4.69, 9.17) is 0 Å². The number of H-pyrrole nitrogens is 3. The van der Waals surface area contributed by atoms with E-state index in [0.717, 1.165) is 27.8 Å². The summed E-state index contributed by atoms with van der Waals surface area (Å²) in [6.07, 6.45) is 3.29. The van der Waals surface area contributed by atoms with E-state index in [1.165, 1.54) is 0 Å². The third-order valence-electron chi connectivity index (χ3n) is 5.26. The Morgan fingerprint density at radius 3 is 1.44 bits per heavy atom. The second-order valence-electron chi connectivity index (χ2n) is 7.68. The molecular formula is C24H20N12. The fourth-order valence-corrected chi connectivity index (χ4v) is 3.66. The highest BCUT2D eigenvalue weighted by molar-refractivity contribution is 5.79. The van der Waals surface area contributed by atoms with Crippen LogP contribution in [0.15, 0.2) is 61.7 Å². The van der Waals surface area contributed by atoms with Gasteiger partial charge >= 0.3 is 0 Å². The largest absolute Gasteiger partial charge is 0.324 e. The molecular weight excluding hydrogens is 456 g/mol. The monoisotopic (exact) mass is 476 g/mol. The molecule has 0 amide bonds. The van der Waals surface area contributed by atoms with Crippen molar-refractivity contribution in [2.24, 2.45) is 0 Å². The van der Waals surface area contributed by atoms with Crippen molar-refractivity contribution in [3.8, 4) is 0 Å². The van der Waals surface area contributed by atoms with Gasteiger partial charge < -0.3 is 15.0 Å². The fourth-order valence-electron chi connectivity index (χ4n) is 3.66. The van der Waals surface area contributed by atoms with Gasteiger partial charge in [-0.15, -0.1) is 0 Å². The number of imidazole rings is 3. The number of aromatic amines is 3. The summed E-state index contributed by atoms with van der Waals surface area (Å²) in [5.74, 6) is 2.15. The summed E-state index contributed by atoms with van der Waals surface area (Å²) in [6, 6.07) is 15.4. The molecule has 36 heavy (non-hydrogen) atoms. The Bertz CT molecular complexity index is 1540. The van der Waals surface area contributed by atoms with Crippen molar-refractivity contribution >= 4 is 69.9 Å². The van der Waals surface area contributed by atoms with E-state index in [1.54, 1.807) is 12.2 Å². The van der Waals surface area contributed by atoms with Crippen molar-refractivity contribution in [1.29, 1.82) is 0 Å². The van der Waals surface area contributed by atoms with Gasteiger partial charge in [0.15, 0.2) is 0 Å². The molecule has 0 fully saturated rings. The van der Waals surface area contributed by atoms with Gasteiger partial charge in [0.25, 0.3) is 0 Å². The quantitative estimate of drug-likeness (QED) is 0.180. The normalized spacial score (nSPS) is 11.0. The molecule has 4 aromatic heterocycles. The average molecular weight is 477 g/mol. The lowest BCUT2D eigenvalue weighted by molar-refractivity contribution is 1.04. The maximum Gasteiger partial charge on any atom is 0.236 e. The Balaban J connectivity index is 1.35. The average Bonchev–Trinajstić information content (AvgIpc) is 3.59. The van der Waals surface area contributed by atoms with E-state index < -0.39 is 0 Å². The molecule has 0 aliphatic heterocycles. The molecule has 176 valence electrons. The maximum atomic E-state index is 4.53. The number of nitrogens with zero attached hydrogens (tertiary/aromatic N) is 6. The first-order chi connectivity index (χ1) is 17.7. The van der Waals surface area contributed by atoms with Crippen LogP contribution in [0.5, 0.6) is 0 Å². The predicted molar refractivity (Wildman–Crippen MR) is 141 cm³/mol. The highest BCUT2D eigenvalue weighted by Crippen LogP contribution is 2.22. The number of nitrogens with one attached hydrogen (secondary N) is 6. The Labute approximate surface area is 204 Å². The van der Waals surface area contributed by atoms with E-state index in [1.807, 2.05) is 48.5 Å². The molecule has 0 unspecified atom stereocenters. The Morgan fingerprint density at radius 2 is 1.03 bits per heavy atom. The van der Waals surface area contributed by atoms with E-state index in [9.17, 15) is 0 Å². The first-order valence-corrected chi connectivity index (χ1v) is 11.0. The van der Waals surface area contributed by atoms with Crippen LogP contribution in [-0.4, -0.2) is 44.9 Å². The first kappa shape index (κ1) is 21.0. The summed E-state index contributed by atoms with van der Waals surface area (Å²) in [7, 11) is 0. The van der Waals surface area contributed by atoms with Gasteiger partial charge in [0.2, 0.25) is 35.7 Å². The lowest BCUT2D eigenvalue weighted by Gasteiger charge is -2.08. The molecule has 6 aromatic rings. The topological polar surface area (TPSA) is 161 Å². The van der Waals surface area contributed by atoms with Crippen molar-refractivity contribution in [3.05, 3.63) is 73.1 Å². The van der Waals surface area contributed by atoms with Gasteiger partial charge in [-0.2, -0.15) is 15.0 Å². The molecule has 4 heterocycles. The van der Waals surface area contributed by atoms with Crippen LogP contribution in [0.4, 0.5) is 35.7 Å². The minimum atomic E-state index is 0.238. The molecule has 0 saturated carbocycles. The van der Waals surface area contributed by atoms with Crippen LogP contribution in [0, 0.1) is 0 Å². The van der Waals surface area contributed by atoms with Gasteiger partial charge in [-0.3, -0.25) is 16.0 Å². The predicted octanol–water partition coefficient (Wildman–Crippen LogP) is 4.86. The standard InChI is InChI=1S/C24H20N12/c1-3-13-14(4-2)26-19(25-13)31-22-34-23(32-20-27-15-9-5-6-10-16(15)28-20)36-24(35-22)33-21-29-17-11-7-8-12-18(17)30-21/h3-12H,1-2H2,(H6,25,26,27,28,29,30,31,32,33,34,35,36). The van der Waals surface area contributed by atoms with Gasteiger partial charge in [0.1, 0.15) is 0 Å². The Kier molecular flexibility index (Phi) is 5.07. The van der Waals surface area contributed by atoms with Crippen molar-refractivity contribution in [2.75, 3.05) is 16.0 Å². The van der Waals surface area contributed by atoms with Gasteiger partial charge in [-0.1, -0.05) is 37.4 Å².